The zero-order valence-corrected chi connectivity index (χ0v) is 12.5. The van der Waals surface area contributed by atoms with E-state index < -0.39 is 0 Å². The minimum atomic E-state index is 0.231. The number of thioether (sulfide) groups is 1. The molecular weight excluding hydrogens is 258 g/mol. The molecule has 1 aliphatic carbocycles. The summed E-state index contributed by atoms with van der Waals surface area (Å²) in [6, 6.07) is 0. The van der Waals surface area contributed by atoms with Gasteiger partial charge in [-0.1, -0.05) is 0 Å². The van der Waals surface area contributed by atoms with Crippen molar-refractivity contribution in [1.82, 2.24) is 4.90 Å². The van der Waals surface area contributed by atoms with Crippen molar-refractivity contribution in [2.75, 3.05) is 37.7 Å². The number of hydrogen-bond donors (Lipinski definition) is 1. The molecule has 0 radical (unpaired) electrons. The van der Waals surface area contributed by atoms with E-state index in [0.29, 0.717) is 5.92 Å². The van der Waals surface area contributed by atoms with E-state index in [2.05, 4.69) is 9.89 Å². The Bertz CT molecular complexity index is 338. The van der Waals surface area contributed by atoms with Crippen LogP contribution >= 0.6 is 11.8 Å². The second kappa shape index (κ2) is 5.92. The van der Waals surface area contributed by atoms with Gasteiger partial charge in [-0.15, -0.1) is 0 Å². The standard InChI is InChI=1S/C14H25N3OS/c15-13(17-5-8-19-9-6-17)16-11-12-2-7-18-14(10-12)3-1-4-14/h12H,1-11H2,(H2,15,16). The van der Waals surface area contributed by atoms with Crippen LogP contribution in [0.4, 0.5) is 0 Å². The zero-order valence-electron chi connectivity index (χ0n) is 11.6. The molecule has 2 N–H and O–H groups in total. The van der Waals surface area contributed by atoms with E-state index in [1.807, 2.05) is 11.8 Å². The van der Waals surface area contributed by atoms with E-state index in [0.717, 1.165) is 38.6 Å². The van der Waals surface area contributed by atoms with E-state index in [1.54, 1.807) is 0 Å². The number of aliphatic imine (C=N–C) groups is 1. The van der Waals surface area contributed by atoms with Crippen LogP contribution in [0, 0.1) is 5.92 Å². The fourth-order valence-electron chi connectivity index (χ4n) is 3.32. The number of hydrogen-bond acceptors (Lipinski definition) is 3. The third-order valence-corrected chi connectivity index (χ3v) is 5.65. The number of nitrogens with zero attached hydrogens (tertiary/aromatic N) is 2. The Balaban J connectivity index is 1.50. The number of rotatable bonds is 2. The van der Waals surface area contributed by atoms with Gasteiger partial charge in [-0.2, -0.15) is 11.8 Å². The lowest BCUT2D eigenvalue weighted by atomic mass is 9.72. The molecule has 2 heterocycles. The molecule has 3 rings (SSSR count). The van der Waals surface area contributed by atoms with Crippen LogP contribution in [0.15, 0.2) is 4.99 Å². The number of ether oxygens (including phenoxy) is 1. The summed E-state index contributed by atoms with van der Waals surface area (Å²) in [5.74, 6) is 3.79. The maximum absolute atomic E-state index is 6.12. The lowest BCUT2D eigenvalue weighted by molar-refractivity contribution is -0.141. The van der Waals surface area contributed by atoms with Gasteiger partial charge in [-0.05, 0) is 38.0 Å². The van der Waals surface area contributed by atoms with Crippen LogP contribution in [-0.4, -0.2) is 54.2 Å². The maximum atomic E-state index is 6.12. The first-order valence-corrected chi connectivity index (χ1v) is 8.69. The fourth-order valence-corrected chi connectivity index (χ4v) is 4.22. The van der Waals surface area contributed by atoms with Gasteiger partial charge in [0.1, 0.15) is 0 Å². The highest BCUT2D eigenvalue weighted by molar-refractivity contribution is 7.99. The lowest BCUT2D eigenvalue weighted by Crippen LogP contribution is -2.46. The molecular formula is C14H25N3OS. The summed E-state index contributed by atoms with van der Waals surface area (Å²) in [6.45, 7) is 3.91. The predicted octanol–water partition coefficient (Wildman–Crippen LogP) is 1.70. The van der Waals surface area contributed by atoms with Crippen LogP contribution in [-0.2, 0) is 4.74 Å². The van der Waals surface area contributed by atoms with Crippen LogP contribution in [0.2, 0.25) is 0 Å². The topological polar surface area (TPSA) is 50.9 Å². The van der Waals surface area contributed by atoms with Gasteiger partial charge in [0.05, 0.1) is 5.60 Å². The first-order valence-electron chi connectivity index (χ1n) is 7.54. The van der Waals surface area contributed by atoms with Gasteiger partial charge < -0.3 is 15.4 Å². The number of nitrogens with two attached hydrogens (primary N) is 1. The van der Waals surface area contributed by atoms with E-state index in [4.69, 9.17) is 10.5 Å². The Kier molecular flexibility index (Phi) is 4.22. The molecule has 2 aliphatic heterocycles. The van der Waals surface area contributed by atoms with E-state index in [9.17, 15) is 0 Å². The molecule has 1 atom stereocenters. The highest BCUT2D eigenvalue weighted by atomic mass is 32.2. The highest BCUT2D eigenvalue weighted by Gasteiger charge is 2.42. The molecule has 3 fully saturated rings. The molecule has 5 heteroatoms. The normalized spacial score (nSPS) is 31.3. The molecule has 1 spiro atoms. The average Bonchev–Trinajstić information content (AvgIpc) is 2.44. The molecule has 4 nitrogen and oxygen atoms in total. The minimum absolute atomic E-state index is 0.231. The molecule has 0 aromatic rings. The maximum Gasteiger partial charge on any atom is 0.191 e. The highest BCUT2D eigenvalue weighted by Crippen LogP contribution is 2.44. The Morgan fingerprint density at radius 2 is 2.16 bits per heavy atom. The molecule has 3 aliphatic rings. The summed E-state index contributed by atoms with van der Waals surface area (Å²) in [4.78, 5) is 6.88. The summed E-state index contributed by atoms with van der Waals surface area (Å²) >= 11 is 2.00. The Morgan fingerprint density at radius 3 is 2.84 bits per heavy atom. The number of guanidine groups is 1. The molecule has 1 saturated carbocycles. The molecule has 0 aromatic carbocycles. The molecule has 1 unspecified atom stereocenters. The van der Waals surface area contributed by atoms with Crippen LogP contribution in [0.3, 0.4) is 0 Å². The Hall–Kier alpha value is -0.420. The molecule has 0 aromatic heterocycles. The fraction of sp³-hybridized carbons (Fsp3) is 0.929. The second-order valence-corrected chi connectivity index (χ2v) is 7.27. The first-order chi connectivity index (χ1) is 9.27. The minimum Gasteiger partial charge on any atom is -0.375 e. The van der Waals surface area contributed by atoms with Gasteiger partial charge in [-0.25, -0.2) is 0 Å². The quantitative estimate of drug-likeness (QED) is 0.619. The average molecular weight is 283 g/mol. The van der Waals surface area contributed by atoms with Crippen molar-refractivity contribution < 1.29 is 4.74 Å². The van der Waals surface area contributed by atoms with Gasteiger partial charge in [0, 0.05) is 37.7 Å². The van der Waals surface area contributed by atoms with E-state index in [-0.39, 0.29) is 5.60 Å². The summed E-state index contributed by atoms with van der Waals surface area (Å²) in [6.07, 6.45) is 6.19. The van der Waals surface area contributed by atoms with Crippen molar-refractivity contribution in [2.45, 2.75) is 37.7 Å². The zero-order chi connectivity index (χ0) is 13.1. The monoisotopic (exact) mass is 283 g/mol. The molecule has 2 saturated heterocycles. The van der Waals surface area contributed by atoms with E-state index in [1.165, 1.54) is 37.2 Å². The van der Waals surface area contributed by atoms with E-state index >= 15 is 0 Å². The molecule has 19 heavy (non-hydrogen) atoms. The van der Waals surface area contributed by atoms with Gasteiger partial charge in [0.15, 0.2) is 5.96 Å². The summed E-state index contributed by atoms with van der Waals surface area (Å²) in [5, 5.41) is 0. The van der Waals surface area contributed by atoms with Crippen molar-refractivity contribution in [3.8, 4) is 0 Å². The van der Waals surface area contributed by atoms with Crippen molar-refractivity contribution in [3.63, 3.8) is 0 Å². The van der Waals surface area contributed by atoms with Crippen LogP contribution in [0.25, 0.3) is 0 Å². The van der Waals surface area contributed by atoms with Crippen LogP contribution in [0.5, 0.6) is 0 Å². The largest absolute Gasteiger partial charge is 0.375 e. The van der Waals surface area contributed by atoms with Crippen molar-refractivity contribution >= 4 is 17.7 Å². The SMILES string of the molecule is NC(=NCC1CCOC2(CCC2)C1)N1CCSCC1. The van der Waals surface area contributed by atoms with Gasteiger partial charge >= 0.3 is 0 Å². The Morgan fingerprint density at radius 1 is 1.37 bits per heavy atom. The third-order valence-electron chi connectivity index (χ3n) is 4.71. The van der Waals surface area contributed by atoms with Crippen molar-refractivity contribution in [3.05, 3.63) is 0 Å². The summed E-state index contributed by atoms with van der Waals surface area (Å²) in [5.41, 5.74) is 6.35. The lowest BCUT2D eigenvalue weighted by Gasteiger charge is -2.47. The Labute approximate surface area is 120 Å². The summed E-state index contributed by atoms with van der Waals surface area (Å²) < 4.78 is 5.96. The van der Waals surface area contributed by atoms with Crippen LogP contribution < -0.4 is 5.73 Å². The predicted molar refractivity (Wildman–Crippen MR) is 80.6 cm³/mol. The molecule has 0 bridgehead atoms. The van der Waals surface area contributed by atoms with Gasteiger partial charge in [0.2, 0.25) is 0 Å². The third kappa shape index (κ3) is 3.19. The van der Waals surface area contributed by atoms with Crippen LogP contribution in [0.1, 0.15) is 32.1 Å². The molecule has 0 amide bonds. The second-order valence-electron chi connectivity index (χ2n) is 6.04. The molecule has 108 valence electrons. The summed E-state index contributed by atoms with van der Waals surface area (Å²) in [7, 11) is 0. The van der Waals surface area contributed by atoms with Crippen molar-refractivity contribution in [1.29, 1.82) is 0 Å². The van der Waals surface area contributed by atoms with Crippen molar-refractivity contribution in [2.24, 2.45) is 16.6 Å². The first kappa shape index (κ1) is 13.6. The van der Waals surface area contributed by atoms with Gasteiger partial charge in [0.25, 0.3) is 0 Å². The van der Waals surface area contributed by atoms with Gasteiger partial charge in [-0.3, -0.25) is 4.99 Å². The smallest absolute Gasteiger partial charge is 0.191 e.